The van der Waals surface area contributed by atoms with E-state index in [0.29, 0.717) is 0 Å². The highest BCUT2D eigenvalue weighted by molar-refractivity contribution is 5.16. The molecule has 0 N–H and O–H groups in total. The van der Waals surface area contributed by atoms with Crippen molar-refractivity contribution in [1.29, 1.82) is 0 Å². The highest BCUT2D eigenvalue weighted by Crippen LogP contribution is 2.19. The molecule has 1 saturated heterocycles. The maximum Gasteiger partial charge on any atom is 0.123 e. The standard InChI is InChI=1S/C12H16FN/c1-14-7-6-11(9-14)8-10-2-4-12(13)5-3-10/h2-5,11H,6-9H2,1H3. The first-order chi connectivity index (χ1) is 6.74. The van der Waals surface area contributed by atoms with Crippen LogP contribution in [0.4, 0.5) is 4.39 Å². The van der Waals surface area contributed by atoms with Gasteiger partial charge < -0.3 is 4.90 Å². The molecule has 14 heavy (non-hydrogen) atoms. The van der Waals surface area contributed by atoms with E-state index in [2.05, 4.69) is 11.9 Å². The predicted octanol–water partition coefficient (Wildman–Crippen LogP) is 2.32. The first kappa shape index (κ1) is 9.66. The van der Waals surface area contributed by atoms with E-state index >= 15 is 0 Å². The Labute approximate surface area is 84.5 Å². The van der Waals surface area contributed by atoms with Crippen molar-refractivity contribution in [2.75, 3.05) is 20.1 Å². The lowest BCUT2D eigenvalue weighted by molar-refractivity contribution is 0.394. The van der Waals surface area contributed by atoms with Gasteiger partial charge in [0, 0.05) is 6.54 Å². The lowest BCUT2D eigenvalue weighted by atomic mass is 9.99. The fraction of sp³-hybridized carbons (Fsp3) is 0.500. The minimum Gasteiger partial charge on any atom is -0.306 e. The van der Waals surface area contributed by atoms with Crippen molar-refractivity contribution < 1.29 is 4.39 Å². The molecule has 1 heterocycles. The molecule has 1 fully saturated rings. The molecule has 0 amide bonds. The summed E-state index contributed by atoms with van der Waals surface area (Å²) >= 11 is 0. The van der Waals surface area contributed by atoms with Gasteiger partial charge in [0.05, 0.1) is 0 Å². The van der Waals surface area contributed by atoms with Crippen molar-refractivity contribution >= 4 is 0 Å². The van der Waals surface area contributed by atoms with Crippen molar-refractivity contribution in [2.45, 2.75) is 12.8 Å². The summed E-state index contributed by atoms with van der Waals surface area (Å²) in [6.45, 7) is 2.38. The van der Waals surface area contributed by atoms with E-state index < -0.39 is 0 Å². The summed E-state index contributed by atoms with van der Waals surface area (Å²) in [6, 6.07) is 6.89. The SMILES string of the molecule is CN1CCC(Cc2ccc(F)cc2)C1. The molecule has 0 spiro atoms. The molecule has 0 radical (unpaired) electrons. The second-order valence-electron chi connectivity index (χ2n) is 4.25. The molecule has 76 valence electrons. The third-order valence-electron chi connectivity index (χ3n) is 2.93. The fourth-order valence-electron chi connectivity index (χ4n) is 2.15. The van der Waals surface area contributed by atoms with Crippen LogP contribution in [0.25, 0.3) is 0 Å². The van der Waals surface area contributed by atoms with E-state index in [9.17, 15) is 4.39 Å². The molecule has 1 unspecified atom stereocenters. The van der Waals surface area contributed by atoms with Gasteiger partial charge in [-0.15, -0.1) is 0 Å². The van der Waals surface area contributed by atoms with Crippen LogP contribution in [0.1, 0.15) is 12.0 Å². The number of halogens is 1. The van der Waals surface area contributed by atoms with E-state index in [4.69, 9.17) is 0 Å². The van der Waals surface area contributed by atoms with E-state index in [1.54, 1.807) is 12.1 Å². The normalized spacial score (nSPS) is 22.9. The van der Waals surface area contributed by atoms with Crippen molar-refractivity contribution in [2.24, 2.45) is 5.92 Å². The van der Waals surface area contributed by atoms with Crippen LogP contribution in [0.2, 0.25) is 0 Å². The van der Waals surface area contributed by atoms with Gasteiger partial charge in [-0.1, -0.05) is 12.1 Å². The van der Waals surface area contributed by atoms with Gasteiger partial charge >= 0.3 is 0 Å². The molecule has 0 saturated carbocycles. The lowest BCUT2D eigenvalue weighted by Gasteiger charge is -2.10. The van der Waals surface area contributed by atoms with Crippen molar-refractivity contribution in [1.82, 2.24) is 4.90 Å². The van der Waals surface area contributed by atoms with Crippen molar-refractivity contribution in [3.8, 4) is 0 Å². The van der Waals surface area contributed by atoms with E-state index in [0.717, 1.165) is 12.3 Å². The molecule has 0 aliphatic carbocycles. The van der Waals surface area contributed by atoms with Gasteiger partial charge in [0.1, 0.15) is 5.82 Å². The van der Waals surface area contributed by atoms with Crippen molar-refractivity contribution in [3.63, 3.8) is 0 Å². The number of hydrogen-bond donors (Lipinski definition) is 0. The Hall–Kier alpha value is -0.890. The first-order valence-electron chi connectivity index (χ1n) is 5.17. The average Bonchev–Trinajstić information content (AvgIpc) is 2.56. The van der Waals surface area contributed by atoms with Crippen LogP contribution >= 0.6 is 0 Å². The largest absolute Gasteiger partial charge is 0.306 e. The Morgan fingerprint density at radius 2 is 2.07 bits per heavy atom. The smallest absolute Gasteiger partial charge is 0.123 e. The third kappa shape index (κ3) is 2.32. The van der Waals surface area contributed by atoms with Crippen LogP contribution in [0.5, 0.6) is 0 Å². The molecule has 1 atom stereocenters. The minimum atomic E-state index is -0.141. The second kappa shape index (κ2) is 4.09. The first-order valence-corrected chi connectivity index (χ1v) is 5.17. The molecule has 2 heteroatoms. The van der Waals surface area contributed by atoms with Gasteiger partial charge in [-0.3, -0.25) is 0 Å². The minimum absolute atomic E-state index is 0.141. The molecule has 0 bridgehead atoms. The quantitative estimate of drug-likeness (QED) is 0.696. The fourth-order valence-corrected chi connectivity index (χ4v) is 2.15. The Morgan fingerprint density at radius 1 is 1.36 bits per heavy atom. The monoisotopic (exact) mass is 193 g/mol. The molecule has 1 aliphatic rings. The Bertz CT molecular complexity index is 294. The number of nitrogens with zero attached hydrogens (tertiary/aromatic N) is 1. The van der Waals surface area contributed by atoms with Crippen LogP contribution in [-0.4, -0.2) is 25.0 Å². The van der Waals surface area contributed by atoms with Gasteiger partial charge in [0.2, 0.25) is 0 Å². The second-order valence-corrected chi connectivity index (χ2v) is 4.25. The Morgan fingerprint density at radius 3 is 2.64 bits per heavy atom. The van der Waals surface area contributed by atoms with E-state index in [-0.39, 0.29) is 5.82 Å². The number of hydrogen-bond acceptors (Lipinski definition) is 1. The summed E-state index contributed by atoms with van der Waals surface area (Å²) in [7, 11) is 2.16. The molecular weight excluding hydrogens is 177 g/mol. The summed E-state index contributed by atoms with van der Waals surface area (Å²) in [4.78, 5) is 2.36. The van der Waals surface area contributed by atoms with Crippen LogP contribution in [0.15, 0.2) is 24.3 Å². The average molecular weight is 193 g/mol. The highest BCUT2D eigenvalue weighted by atomic mass is 19.1. The third-order valence-corrected chi connectivity index (χ3v) is 2.93. The van der Waals surface area contributed by atoms with E-state index in [1.165, 1.54) is 25.1 Å². The summed E-state index contributed by atoms with van der Waals surface area (Å²) in [6.07, 6.45) is 2.36. The zero-order valence-corrected chi connectivity index (χ0v) is 8.54. The maximum atomic E-state index is 12.7. The number of benzene rings is 1. The van der Waals surface area contributed by atoms with Crippen LogP contribution in [0.3, 0.4) is 0 Å². The van der Waals surface area contributed by atoms with Gasteiger partial charge in [-0.05, 0) is 50.0 Å². The zero-order chi connectivity index (χ0) is 9.97. The van der Waals surface area contributed by atoms with Crippen molar-refractivity contribution in [3.05, 3.63) is 35.6 Å². The van der Waals surface area contributed by atoms with Gasteiger partial charge in [-0.2, -0.15) is 0 Å². The van der Waals surface area contributed by atoms with Gasteiger partial charge in [0.25, 0.3) is 0 Å². The lowest BCUT2D eigenvalue weighted by Crippen LogP contribution is -2.14. The van der Waals surface area contributed by atoms with Crippen LogP contribution in [0, 0.1) is 11.7 Å². The maximum absolute atomic E-state index is 12.7. The molecule has 1 nitrogen and oxygen atoms in total. The Kier molecular flexibility index (Phi) is 2.82. The zero-order valence-electron chi connectivity index (χ0n) is 8.54. The summed E-state index contributed by atoms with van der Waals surface area (Å²) in [5.41, 5.74) is 1.26. The summed E-state index contributed by atoms with van der Waals surface area (Å²) in [5.74, 6) is 0.614. The number of rotatable bonds is 2. The van der Waals surface area contributed by atoms with Crippen LogP contribution < -0.4 is 0 Å². The topological polar surface area (TPSA) is 3.24 Å². The summed E-state index contributed by atoms with van der Waals surface area (Å²) in [5, 5.41) is 0. The van der Waals surface area contributed by atoms with E-state index in [1.807, 2.05) is 12.1 Å². The number of likely N-dealkylation sites (tertiary alicyclic amines) is 1. The summed E-state index contributed by atoms with van der Waals surface area (Å²) < 4.78 is 12.7. The molecule has 2 rings (SSSR count). The van der Waals surface area contributed by atoms with Crippen LogP contribution in [-0.2, 0) is 6.42 Å². The molecular formula is C12H16FN. The molecule has 1 aromatic carbocycles. The highest BCUT2D eigenvalue weighted by Gasteiger charge is 2.19. The molecule has 1 aliphatic heterocycles. The predicted molar refractivity (Wildman–Crippen MR) is 55.7 cm³/mol. The van der Waals surface area contributed by atoms with Gasteiger partial charge in [-0.25, -0.2) is 4.39 Å². The molecule has 1 aromatic rings. The Balaban J connectivity index is 1.94. The van der Waals surface area contributed by atoms with Gasteiger partial charge in [0.15, 0.2) is 0 Å². The molecule has 0 aromatic heterocycles.